The van der Waals surface area contributed by atoms with E-state index in [1.54, 1.807) is 0 Å². The summed E-state index contributed by atoms with van der Waals surface area (Å²) in [6.45, 7) is 13.1. The summed E-state index contributed by atoms with van der Waals surface area (Å²) in [5.74, 6) is 1.81. The second-order valence-electron chi connectivity index (χ2n) is 6.26. The Morgan fingerprint density at radius 3 is 2.47 bits per heavy atom. The van der Waals surface area contributed by atoms with E-state index in [1.807, 2.05) is 0 Å². The summed E-state index contributed by atoms with van der Waals surface area (Å²) in [6.07, 6.45) is 2.84. The highest BCUT2D eigenvalue weighted by Crippen LogP contribution is 2.35. The molecule has 1 saturated carbocycles. The van der Waals surface area contributed by atoms with Crippen molar-refractivity contribution in [3.05, 3.63) is 0 Å². The molecule has 2 rings (SSSR count). The van der Waals surface area contributed by atoms with E-state index >= 15 is 0 Å². The molecule has 0 spiro atoms. The van der Waals surface area contributed by atoms with Crippen molar-refractivity contribution in [2.24, 2.45) is 11.8 Å². The first-order chi connectivity index (χ1) is 6.99. The third-order valence-corrected chi connectivity index (χ3v) is 4.49. The Bertz CT molecular complexity index is 225. The van der Waals surface area contributed by atoms with Crippen molar-refractivity contribution in [1.82, 2.24) is 10.2 Å². The van der Waals surface area contributed by atoms with Crippen LogP contribution in [0.1, 0.15) is 40.5 Å². The third-order valence-electron chi connectivity index (χ3n) is 4.49. The SMILES string of the molecule is CC1CCC(N2CCNC(C)(C)C2)C1C. The molecule has 88 valence electrons. The fourth-order valence-corrected chi connectivity index (χ4v) is 3.32. The Hall–Kier alpha value is -0.0800. The summed E-state index contributed by atoms with van der Waals surface area (Å²) in [5.41, 5.74) is 0.309. The molecule has 0 amide bonds. The largest absolute Gasteiger partial charge is 0.309 e. The Morgan fingerprint density at radius 2 is 1.93 bits per heavy atom. The molecule has 1 heterocycles. The van der Waals surface area contributed by atoms with Crippen molar-refractivity contribution < 1.29 is 0 Å². The lowest BCUT2D eigenvalue weighted by Crippen LogP contribution is -2.59. The molecular formula is C13H26N2. The second-order valence-corrected chi connectivity index (χ2v) is 6.26. The molecule has 1 aliphatic heterocycles. The third kappa shape index (κ3) is 2.36. The Kier molecular flexibility index (Phi) is 3.09. The van der Waals surface area contributed by atoms with Gasteiger partial charge in [0.05, 0.1) is 0 Å². The average Bonchev–Trinajstić information content (AvgIpc) is 2.46. The molecule has 0 aromatic rings. The average molecular weight is 210 g/mol. The molecule has 2 aliphatic rings. The minimum Gasteiger partial charge on any atom is -0.309 e. The molecule has 1 aliphatic carbocycles. The molecule has 2 nitrogen and oxygen atoms in total. The van der Waals surface area contributed by atoms with Crippen molar-refractivity contribution >= 4 is 0 Å². The van der Waals surface area contributed by atoms with E-state index in [2.05, 4.69) is 37.9 Å². The number of nitrogens with zero attached hydrogens (tertiary/aromatic N) is 1. The van der Waals surface area contributed by atoms with Crippen LogP contribution in [0.15, 0.2) is 0 Å². The van der Waals surface area contributed by atoms with Crippen LogP contribution in [0.2, 0.25) is 0 Å². The summed E-state index contributed by atoms with van der Waals surface area (Å²) in [6, 6.07) is 0.848. The Morgan fingerprint density at radius 1 is 1.20 bits per heavy atom. The summed E-state index contributed by atoms with van der Waals surface area (Å²) >= 11 is 0. The lowest BCUT2D eigenvalue weighted by Gasteiger charge is -2.43. The number of hydrogen-bond acceptors (Lipinski definition) is 2. The van der Waals surface area contributed by atoms with E-state index in [0.717, 1.165) is 24.4 Å². The first-order valence-corrected chi connectivity index (χ1v) is 6.49. The van der Waals surface area contributed by atoms with Crippen LogP contribution in [0.4, 0.5) is 0 Å². The fourth-order valence-electron chi connectivity index (χ4n) is 3.32. The van der Waals surface area contributed by atoms with Gasteiger partial charge in [-0.05, 0) is 38.5 Å². The van der Waals surface area contributed by atoms with Crippen LogP contribution < -0.4 is 5.32 Å². The van der Waals surface area contributed by atoms with Crippen molar-refractivity contribution in [3.63, 3.8) is 0 Å². The molecule has 0 bridgehead atoms. The van der Waals surface area contributed by atoms with Crippen LogP contribution in [0, 0.1) is 11.8 Å². The number of hydrogen-bond donors (Lipinski definition) is 1. The van der Waals surface area contributed by atoms with E-state index in [4.69, 9.17) is 0 Å². The minimum atomic E-state index is 0.309. The highest BCUT2D eigenvalue weighted by atomic mass is 15.2. The summed E-state index contributed by atoms with van der Waals surface area (Å²) in [4.78, 5) is 2.73. The van der Waals surface area contributed by atoms with Crippen LogP contribution >= 0.6 is 0 Å². The first-order valence-electron chi connectivity index (χ1n) is 6.49. The van der Waals surface area contributed by atoms with Gasteiger partial charge in [-0.25, -0.2) is 0 Å². The van der Waals surface area contributed by atoms with Gasteiger partial charge in [0.2, 0.25) is 0 Å². The molecule has 15 heavy (non-hydrogen) atoms. The van der Waals surface area contributed by atoms with Gasteiger partial charge in [-0.15, -0.1) is 0 Å². The summed E-state index contributed by atoms with van der Waals surface area (Å²) < 4.78 is 0. The highest BCUT2D eigenvalue weighted by Gasteiger charge is 2.37. The molecule has 0 aromatic carbocycles. The molecule has 0 aromatic heterocycles. The zero-order valence-electron chi connectivity index (χ0n) is 10.7. The van der Waals surface area contributed by atoms with Crippen molar-refractivity contribution in [2.45, 2.75) is 52.1 Å². The van der Waals surface area contributed by atoms with E-state index < -0.39 is 0 Å². The van der Waals surface area contributed by atoms with Crippen LogP contribution in [-0.4, -0.2) is 36.1 Å². The fraction of sp³-hybridized carbons (Fsp3) is 1.00. The van der Waals surface area contributed by atoms with E-state index in [1.165, 1.54) is 25.9 Å². The second kappa shape index (κ2) is 4.06. The Labute approximate surface area is 94.4 Å². The lowest BCUT2D eigenvalue weighted by molar-refractivity contribution is 0.0875. The monoisotopic (exact) mass is 210 g/mol. The molecule has 0 radical (unpaired) electrons. The molecular weight excluding hydrogens is 184 g/mol. The smallest absolute Gasteiger partial charge is 0.0252 e. The summed E-state index contributed by atoms with van der Waals surface area (Å²) in [5, 5.41) is 3.60. The van der Waals surface area contributed by atoms with Crippen LogP contribution in [0.3, 0.4) is 0 Å². The maximum Gasteiger partial charge on any atom is 0.0252 e. The molecule has 3 unspecified atom stereocenters. The number of rotatable bonds is 1. The predicted octanol–water partition coefficient (Wildman–Crippen LogP) is 2.10. The van der Waals surface area contributed by atoms with Gasteiger partial charge >= 0.3 is 0 Å². The molecule has 1 N–H and O–H groups in total. The van der Waals surface area contributed by atoms with E-state index in [-0.39, 0.29) is 0 Å². The van der Waals surface area contributed by atoms with E-state index in [9.17, 15) is 0 Å². The van der Waals surface area contributed by atoms with Gasteiger partial charge in [0.25, 0.3) is 0 Å². The minimum absolute atomic E-state index is 0.309. The molecule has 2 heteroatoms. The quantitative estimate of drug-likeness (QED) is 0.713. The number of nitrogens with one attached hydrogen (secondary N) is 1. The normalized spacial score (nSPS) is 42.0. The predicted molar refractivity (Wildman–Crippen MR) is 65.0 cm³/mol. The van der Waals surface area contributed by atoms with Crippen molar-refractivity contribution in [3.8, 4) is 0 Å². The van der Waals surface area contributed by atoms with Crippen molar-refractivity contribution in [2.75, 3.05) is 19.6 Å². The molecule has 1 saturated heterocycles. The zero-order chi connectivity index (χ0) is 11.1. The van der Waals surface area contributed by atoms with Gasteiger partial charge in [-0.2, -0.15) is 0 Å². The van der Waals surface area contributed by atoms with Crippen LogP contribution in [-0.2, 0) is 0 Å². The van der Waals surface area contributed by atoms with Gasteiger partial charge in [0.1, 0.15) is 0 Å². The van der Waals surface area contributed by atoms with Crippen molar-refractivity contribution in [1.29, 1.82) is 0 Å². The maximum absolute atomic E-state index is 3.60. The van der Waals surface area contributed by atoms with E-state index in [0.29, 0.717) is 5.54 Å². The zero-order valence-corrected chi connectivity index (χ0v) is 10.7. The van der Waals surface area contributed by atoms with Gasteiger partial charge in [0, 0.05) is 31.2 Å². The number of piperazine rings is 1. The Balaban J connectivity index is 1.99. The first kappa shape index (κ1) is 11.4. The summed E-state index contributed by atoms with van der Waals surface area (Å²) in [7, 11) is 0. The maximum atomic E-state index is 3.60. The molecule has 2 fully saturated rings. The topological polar surface area (TPSA) is 15.3 Å². The van der Waals surface area contributed by atoms with Gasteiger partial charge in [-0.1, -0.05) is 13.8 Å². The van der Waals surface area contributed by atoms with Crippen LogP contribution in [0.25, 0.3) is 0 Å². The molecule has 3 atom stereocenters. The van der Waals surface area contributed by atoms with Gasteiger partial charge in [-0.3, -0.25) is 4.90 Å². The van der Waals surface area contributed by atoms with Crippen LogP contribution in [0.5, 0.6) is 0 Å². The standard InChI is InChI=1S/C13H26N2/c1-10-5-6-12(11(10)2)15-8-7-14-13(3,4)9-15/h10-12,14H,5-9H2,1-4H3. The van der Waals surface area contributed by atoms with Gasteiger partial charge in [0.15, 0.2) is 0 Å². The lowest BCUT2D eigenvalue weighted by atomic mass is 9.94. The van der Waals surface area contributed by atoms with Gasteiger partial charge < -0.3 is 5.32 Å². The highest BCUT2D eigenvalue weighted by molar-refractivity contribution is 4.94.